The van der Waals surface area contributed by atoms with E-state index in [2.05, 4.69) is 73.0 Å². The molecule has 1 aliphatic rings. The van der Waals surface area contributed by atoms with Crippen molar-refractivity contribution in [1.29, 1.82) is 0 Å². The van der Waals surface area contributed by atoms with Crippen LogP contribution >= 0.6 is 0 Å². The van der Waals surface area contributed by atoms with Crippen molar-refractivity contribution in [2.24, 2.45) is 0 Å². The molecule has 0 amide bonds. The number of hydrogen-bond donors (Lipinski definition) is 2. The Morgan fingerprint density at radius 3 is 2.56 bits per heavy atom. The third kappa shape index (κ3) is 1.74. The monoisotopic (exact) mass is 238 g/mol. The quantitative estimate of drug-likeness (QED) is 0.790. The summed E-state index contributed by atoms with van der Waals surface area (Å²) in [6.45, 7) is 5.27. The van der Waals surface area contributed by atoms with Gasteiger partial charge in [-0.1, -0.05) is 42.5 Å². The van der Waals surface area contributed by atoms with Crippen molar-refractivity contribution in [3.8, 4) is 0 Å². The van der Waals surface area contributed by atoms with Crippen molar-refractivity contribution in [1.82, 2.24) is 0 Å². The molecule has 18 heavy (non-hydrogen) atoms. The Bertz CT molecular complexity index is 563. The minimum atomic E-state index is -0.0535. The number of fused-ring (bicyclic) bond motifs is 1. The number of aryl methyl sites for hydroxylation is 1. The number of benzene rings is 2. The van der Waals surface area contributed by atoms with Crippen LogP contribution in [0.2, 0.25) is 0 Å². The van der Waals surface area contributed by atoms with Gasteiger partial charge in [0.25, 0.3) is 0 Å². The van der Waals surface area contributed by atoms with E-state index in [0.29, 0.717) is 0 Å². The van der Waals surface area contributed by atoms with Gasteiger partial charge in [0, 0.05) is 6.54 Å². The first-order valence-corrected chi connectivity index (χ1v) is 6.36. The van der Waals surface area contributed by atoms with Crippen molar-refractivity contribution in [3.63, 3.8) is 0 Å². The first kappa shape index (κ1) is 11.1. The van der Waals surface area contributed by atoms with Crippen LogP contribution in [0, 0.1) is 6.92 Å². The summed E-state index contributed by atoms with van der Waals surface area (Å²) in [7, 11) is 0. The molecule has 0 spiro atoms. The molecule has 2 nitrogen and oxygen atoms in total. The molecule has 2 N–H and O–H groups in total. The molecule has 0 radical (unpaired) electrons. The van der Waals surface area contributed by atoms with Gasteiger partial charge in [0.15, 0.2) is 0 Å². The average Bonchev–Trinajstić information content (AvgIpc) is 2.40. The second kappa shape index (κ2) is 4.05. The van der Waals surface area contributed by atoms with Crippen molar-refractivity contribution < 1.29 is 0 Å². The summed E-state index contributed by atoms with van der Waals surface area (Å²) < 4.78 is 0. The Labute approximate surface area is 108 Å². The summed E-state index contributed by atoms with van der Waals surface area (Å²) in [4.78, 5) is 0. The van der Waals surface area contributed by atoms with Crippen molar-refractivity contribution in [2.75, 3.05) is 17.2 Å². The van der Waals surface area contributed by atoms with E-state index in [0.717, 1.165) is 6.54 Å². The third-order valence-electron chi connectivity index (χ3n) is 3.71. The molecule has 1 heterocycles. The van der Waals surface area contributed by atoms with Crippen molar-refractivity contribution in [3.05, 3.63) is 59.7 Å². The fraction of sp³-hybridized carbons (Fsp3) is 0.250. The van der Waals surface area contributed by atoms with E-state index >= 15 is 0 Å². The highest BCUT2D eigenvalue weighted by molar-refractivity contribution is 5.75. The zero-order valence-electron chi connectivity index (χ0n) is 10.8. The molecule has 0 aliphatic carbocycles. The lowest BCUT2D eigenvalue weighted by molar-refractivity contribution is 0.565. The normalized spacial score (nSPS) is 21.7. The average molecular weight is 238 g/mol. The largest absolute Gasteiger partial charge is 0.380 e. The van der Waals surface area contributed by atoms with Gasteiger partial charge in [0.2, 0.25) is 0 Å². The minimum absolute atomic E-state index is 0.0535. The molecule has 1 atom stereocenters. The lowest BCUT2D eigenvalue weighted by atomic mass is 9.89. The molecular weight excluding hydrogens is 220 g/mol. The zero-order chi connectivity index (χ0) is 12.6. The summed E-state index contributed by atoms with van der Waals surface area (Å²) in [6, 6.07) is 17.0. The molecule has 0 saturated carbocycles. The van der Waals surface area contributed by atoms with Crippen LogP contribution in [-0.2, 0) is 5.54 Å². The number of anilines is 2. The van der Waals surface area contributed by atoms with Gasteiger partial charge in [-0.3, -0.25) is 0 Å². The fourth-order valence-electron chi connectivity index (χ4n) is 2.59. The van der Waals surface area contributed by atoms with Gasteiger partial charge in [0.1, 0.15) is 0 Å². The highest BCUT2D eigenvalue weighted by atomic mass is 15.1. The van der Waals surface area contributed by atoms with E-state index in [-0.39, 0.29) is 5.54 Å². The standard InChI is InChI=1S/C16H18N2/c1-12-7-6-10-14-15(12)17-11-16(2,18-14)13-8-4-3-5-9-13/h3-10,17-18H,11H2,1-2H3. The number of para-hydroxylation sites is 1. The van der Waals surface area contributed by atoms with Crippen LogP contribution in [0.1, 0.15) is 18.1 Å². The second-order valence-corrected chi connectivity index (χ2v) is 5.17. The van der Waals surface area contributed by atoms with Crippen LogP contribution in [0.15, 0.2) is 48.5 Å². The number of rotatable bonds is 1. The molecule has 3 rings (SSSR count). The van der Waals surface area contributed by atoms with Gasteiger partial charge < -0.3 is 10.6 Å². The predicted octanol–water partition coefficient (Wildman–Crippen LogP) is 3.75. The maximum absolute atomic E-state index is 3.67. The van der Waals surface area contributed by atoms with E-state index in [1.165, 1.54) is 22.5 Å². The Morgan fingerprint density at radius 1 is 1.00 bits per heavy atom. The highest BCUT2D eigenvalue weighted by Crippen LogP contribution is 2.36. The van der Waals surface area contributed by atoms with E-state index < -0.39 is 0 Å². The first-order valence-electron chi connectivity index (χ1n) is 6.36. The lowest BCUT2D eigenvalue weighted by Gasteiger charge is -2.38. The Hall–Kier alpha value is -1.96. The molecular formula is C16H18N2. The molecule has 92 valence electrons. The summed E-state index contributed by atoms with van der Waals surface area (Å²) in [5, 5.41) is 7.23. The zero-order valence-corrected chi connectivity index (χ0v) is 10.8. The fourth-order valence-corrected chi connectivity index (χ4v) is 2.59. The molecule has 2 heteroatoms. The van der Waals surface area contributed by atoms with Crippen LogP contribution in [0.25, 0.3) is 0 Å². The first-order chi connectivity index (χ1) is 8.69. The highest BCUT2D eigenvalue weighted by Gasteiger charge is 2.30. The predicted molar refractivity (Wildman–Crippen MR) is 77.1 cm³/mol. The molecule has 2 aromatic rings. The topological polar surface area (TPSA) is 24.1 Å². The Kier molecular flexibility index (Phi) is 2.51. The molecule has 1 aliphatic heterocycles. The lowest BCUT2D eigenvalue weighted by Crippen LogP contribution is -2.42. The molecule has 1 unspecified atom stereocenters. The maximum atomic E-state index is 3.67. The van der Waals surface area contributed by atoms with Gasteiger partial charge in [-0.15, -0.1) is 0 Å². The number of hydrogen-bond acceptors (Lipinski definition) is 2. The van der Waals surface area contributed by atoms with Crippen LogP contribution in [-0.4, -0.2) is 6.54 Å². The van der Waals surface area contributed by atoms with Crippen LogP contribution in [0.5, 0.6) is 0 Å². The summed E-state index contributed by atoms with van der Waals surface area (Å²) in [5.74, 6) is 0. The molecule has 0 aromatic heterocycles. The van der Waals surface area contributed by atoms with Gasteiger partial charge in [-0.2, -0.15) is 0 Å². The van der Waals surface area contributed by atoms with Crippen LogP contribution in [0.4, 0.5) is 11.4 Å². The second-order valence-electron chi connectivity index (χ2n) is 5.17. The SMILES string of the molecule is Cc1cccc2c1NCC(C)(c1ccccc1)N2. The summed E-state index contributed by atoms with van der Waals surface area (Å²) >= 11 is 0. The number of nitrogens with one attached hydrogen (secondary N) is 2. The van der Waals surface area contributed by atoms with Gasteiger partial charge in [0.05, 0.1) is 16.9 Å². The molecule has 0 saturated heterocycles. The summed E-state index contributed by atoms with van der Waals surface area (Å²) in [6.07, 6.45) is 0. The van der Waals surface area contributed by atoms with E-state index in [1.807, 2.05) is 0 Å². The van der Waals surface area contributed by atoms with Gasteiger partial charge >= 0.3 is 0 Å². The summed E-state index contributed by atoms with van der Waals surface area (Å²) in [5.41, 5.74) is 4.96. The van der Waals surface area contributed by atoms with Gasteiger partial charge in [-0.25, -0.2) is 0 Å². The van der Waals surface area contributed by atoms with Gasteiger partial charge in [-0.05, 0) is 31.0 Å². The Morgan fingerprint density at radius 2 is 1.78 bits per heavy atom. The van der Waals surface area contributed by atoms with Crippen LogP contribution in [0.3, 0.4) is 0 Å². The molecule has 0 fully saturated rings. The van der Waals surface area contributed by atoms with Crippen LogP contribution < -0.4 is 10.6 Å². The molecule has 0 bridgehead atoms. The Balaban J connectivity index is 2.00. The van der Waals surface area contributed by atoms with E-state index in [4.69, 9.17) is 0 Å². The van der Waals surface area contributed by atoms with E-state index in [1.54, 1.807) is 0 Å². The molecule has 2 aromatic carbocycles. The smallest absolute Gasteiger partial charge is 0.0770 e. The van der Waals surface area contributed by atoms with E-state index in [9.17, 15) is 0 Å². The maximum Gasteiger partial charge on any atom is 0.0770 e. The van der Waals surface area contributed by atoms with Crippen molar-refractivity contribution >= 4 is 11.4 Å². The van der Waals surface area contributed by atoms with Crippen molar-refractivity contribution in [2.45, 2.75) is 19.4 Å². The third-order valence-corrected chi connectivity index (χ3v) is 3.71. The minimum Gasteiger partial charge on any atom is -0.380 e.